The van der Waals surface area contributed by atoms with Crippen molar-refractivity contribution in [1.29, 1.82) is 0 Å². The van der Waals surface area contributed by atoms with E-state index in [1.807, 2.05) is 36.4 Å². The van der Waals surface area contributed by atoms with Gasteiger partial charge < -0.3 is 25.6 Å². The van der Waals surface area contributed by atoms with Crippen LogP contribution in [0, 0.1) is 10.1 Å². The number of carbonyl (C=O) groups is 3. The summed E-state index contributed by atoms with van der Waals surface area (Å²) in [4.78, 5) is 49.4. The van der Waals surface area contributed by atoms with Crippen LogP contribution in [-0.2, 0) is 23.9 Å². The minimum absolute atomic E-state index is 0.00271. The molecule has 5 rings (SSSR count). The van der Waals surface area contributed by atoms with E-state index >= 15 is 0 Å². The molecule has 0 bridgehead atoms. The average Bonchev–Trinajstić information content (AvgIpc) is 3.00. The largest absolute Gasteiger partial charge is 0.481 e. The summed E-state index contributed by atoms with van der Waals surface area (Å²) in [5.41, 5.74) is 9.31. The van der Waals surface area contributed by atoms with Crippen LogP contribution in [0.3, 0.4) is 0 Å². The van der Waals surface area contributed by atoms with Crippen molar-refractivity contribution >= 4 is 23.6 Å². The molecule has 2 aliphatic rings. The molecule has 0 amide bonds. The molecule has 1 fully saturated rings. The van der Waals surface area contributed by atoms with E-state index in [1.54, 1.807) is 26.8 Å². The van der Waals surface area contributed by atoms with Gasteiger partial charge in [0, 0.05) is 37.8 Å². The van der Waals surface area contributed by atoms with Gasteiger partial charge in [-0.05, 0) is 37.5 Å². The quantitative estimate of drug-likeness (QED) is 0.166. The molecule has 12 heteroatoms. The Morgan fingerprint density at radius 1 is 0.936 bits per heavy atom. The van der Waals surface area contributed by atoms with E-state index in [1.165, 1.54) is 18.2 Å². The van der Waals surface area contributed by atoms with E-state index < -0.39 is 41.0 Å². The number of nitrogens with zero attached hydrogens (tertiary/aromatic N) is 2. The normalized spacial score (nSPS) is 16.5. The number of allylic oxidation sites excluding steroid dienone is 1. The molecule has 2 aliphatic heterocycles. The Hall–Kier alpha value is -5.49. The van der Waals surface area contributed by atoms with Gasteiger partial charge in [0.05, 0.1) is 34.1 Å². The number of nitrogens with one attached hydrogen (secondary N) is 1. The zero-order chi connectivity index (χ0) is 34.2. The molecular weight excluding hydrogens is 604 g/mol. The van der Waals surface area contributed by atoms with Gasteiger partial charge in [0.1, 0.15) is 11.9 Å². The number of nitro benzene ring substituents is 1. The van der Waals surface area contributed by atoms with E-state index in [0.29, 0.717) is 24.4 Å². The lowest BCUT2D eigenvalue weighted by molar-refractivity contribution is -0.384. The number of esters is 2. The van der Waals surface area contributed by atoms with Crippen LogP contribution < -0.4 is 11.1 Å². The number of nitrogens with two attached hydrogens (primary N) is 1. The first kappa shape index (κ1) is 34.4. The SMILES string of the molecule is CC(=O)O.CC1=C(C(=O)OC(C)C)C(c2cccc([N+](=O)[O-])c2)C(C(=O)OC2CN(C(c3ccccc3)c3ccccc3)C2)=C(N)N1. The van der Waals surface area contributed by atoms with Crippen LogP contribution in [0.15, 0.2) is 108 Å². The van der Waals surface area contributed by atoms with E-state index in [4.69, 9.17) is 25.1 Å². The topological polar surface area (TPSA) is 174 Å². The van der Waals surface area contributed by atoms with Crippen molar-refractivity contribution < 1.29 is 33.9 Å². The van der Waals surface area contributed by atoms with Crippen LogP contribution in [-0.4, -0.2) is 58.1 Å². The Kier molecular flexibility index (Phi) is 11.1. The molecule has 246 valence electrons. The van der Waals surface area contributed by atoms with Crippen molar-refractivity contribution in [3.8, 4) is 0 Å². The van der Waals surface area contributed by atoms with Gasteiger partial charge in [-0.3, -0.25) is 19.8 Å². The highest BCUT2D eigenvalue weighted by Gasteiger charge is 2.42. The maximum atomic E-state index is 13.8. The molecule has 1 saturated heterocycles. The summed E-state index contributed by atoms with van der Waals surface area (Å²) in [7, 11) is 0. The number of carboxylic acids is 1. The Morgan fingerprint density at radius 3 is 2.00 bits per heavy atom. The minimum Gasteiger partial charge on any atom is -0.481 e. The standard InChI is InChI=1S/C33H34N4O6.C2H4O2/c1-20(2)42-32(38)27-21(3)35-31(34)29(28(27)24-15-10-16-25(17-24)37(40)41)33(39)43-26-18-36(19-26)30(22-11-6-4-7-12-22)23-13-8-5-9-14-23;1-2(3)4/h4-17,20,26,28,30,35H,18-19,34H2,1-3H3;1H3,(H,3,4). The zero-order valence-corrected chi connectivity index (χ0v) is 26.6. The number of ether oxygens (including phenoxy) is 2. The Labute approximate surface area is 272 Å². The number of hydrogen-bond donors (Lipinski definition) is 3. The molecule has 4 N–H and O–H groups in total. The lowest BCUT2D eigenvalue weighted by Crippen LogP contribution is -2.54. The van der Waals surface area contributed by atoms with Crippen molar-refractivity contribution in [2.45, 2.75) is 51.9 Å². The Bertz CT molecular complexity index is 1640. The summed E-state index contributed by atoms with van der Waals surface area (Å²) >= 11 is 0. The van der Waals surface area contributed by atoms with Crippen molar-refractivity contribution in [2.24, 2.45) is 5.73 Å². The third kappa shape index (κ3) is 8.41. The van der Waals surface area contributed by atoms with Gasteiger partial charge in [0.2, 0.25) is 0 Å². The molecule has 2 heterocycles. The van der Waals surface area contributed by atoms with Crippen molar-refractivity contribution in [3.63, 3.8) is 0 Å². The maximum Gasteiger partial charge on any atom is 0.339 e. The van der Waals surface area contributed by atoms with E-state index in [-0.39, 0.29) is 28.7 Å². The molecule has 3 aromatic rings. The second kappa shape index (κ2) is 15.2. The molecule has 0 spiro atoms. The van der Waals surface area contributed by atoms with Crippen LogP contribution in [0.1, 0.15) is 56.3 Å². The van der Waals surface area contributed by atoms with Gasteiger partial charge >= 0.3 is 11.9 Å². The number of carboxylic acid groups (broad SMARTS) is 1. The van der Waals surface area contributed by atoms with Gasteiger partial charge in [-0.2, -0.15) is 0 Å². The molecule has 0 aliphatic carbocycles. The Morgan fingerprint density at radius 2 is 1.49 bits per heavy atom. The van der Waals surface area contributed by atoms with Crippen molar-refractivity contribution in [1.82, 2.24) is 10.2 Å². The third-order valence-corrected chi connectivity index (χ3v) is 7.54. The number of likely N-dealkylation sites (tertiary alicyclic amines) is 1. The van der Waals surface area contributed by atoms with Crippen LogP contribution in [0.4, 0.5) is 5.69 Å². The number of dihydropyridines is 1. The number of carbonyl (C=O) groups excluding carboxylic acids is 2. The van der Waals surface area contributed by atoms with E-state index in [0.717, 1.165) is 18.1 Å². The van der Waals surface area contributed by atoms with Crippen LogP contribution in [0.5, 0.6) is 0 Å². The predicted octanol–water partition coefficient (Wildman–Crippen LogP) is 4.79. The minimum atomic E-state index is -1.03. The highest BCUT2D eigenvalue weighted by Crippen LogP contribution is 2.40. The summed E-state index contributed by atoms with van der Waals surface area (Å²) in [6, 6.07) is 26.0. The molecular formula is C35H38N4O8. The van der Waals surface area contributed by atoms with Gasteiger partial charge in [0.15, 0.2) is 0 Å². The molecule has 0 saturated carbocycles. The lowest BCUT2D eigenvalue weighted by Gasteiger charge is -2.44. The first-order valence-electron chi connectivity index (χ1n) is 15.0. The van der Waals surface area contributed by atoms with Crippen molar-refractivity contribution in [2.75, 3.05) is 13.1 Å². The number of nitro groups is 1. The molecule has 1 unspecified atom stereocenters. The zero-order valence-electron chi connectivity index (χ0n) is 26.6. The number of hydrogen-bond acceptors (Lipinski definition) is 10. The lowest BCUT2D eigenvalue weighted by atomic mass is 9.81. The van der Waals surface area contributed by atoms with Crippen LogP contribution in [0.25, 0.3) is 0 Å². The number of benzene rings is 3. The summed E-state index contributed by atoms with van der Waals surface area (Å²) in [5.74, 6) is -3.21. The second-order valence-electron chi connectivity index (χ2n) is 11.5. The summed E-state index contributed by atoms with van der Waals surface area (Å²) < 4.78 is 11.5. The highest BCUT2D eigenvalue weighted by atomic mass is 16.6. The molecule has 12 nitrogen and oxygen atoms in total. The molecule has 0 aromatic heterocycles. The molecule has 0 radical (unpaired) electrons. The van der Waals surface area contributed by atoms with Gasteiger partial charge in [0.25, 0.3) is 11.7 Å². The highest BCUT2D eigenvalue weighted by molar-refractivity contribution is 6.00. The monoisotopic (exact) mass is 642 g/mol. The number of non-ortho nitro benzene ring substituents is 1. The van der Waals surface area contributed by atoms with Gasteiger partial charge in [-0.15, -0.1) is 0 Å². The predicted molar refractivity (Wildman–Crippen MR) is 174 cm³/mol. The molecule has 3 aromatic carbocycles. The number of aliphatic carboxylic acids is 1. The summed E-state index contributed by atoms with van der Waals surface area (Å²) in [6.07, 6.45) is -0.855. The molecule has 47 heavy (non-hydrogen) atoms. The van der Waals surface area contributed by atoms with Crippen molar-refractivity contribution in [3.05, 3.63) is 134 Å². The fraction of sp³-hybridized carbons (Fsp3) is 0.286. The van der Waals surface area contributed by atoms with Gasteiger partial charge in [-0.1, -0.05) is 72.8 Å². The van der Waals surface area contributed by atoms with Gasteiger partial charge in [-0.25, -0.2) is 9.59 Å². The Balaban J connectivity index is 0.00000118. The fourth-order valence-corrected chi connectivity index (χ4v) is 5.64. The first-order valence-corrected chi connectivity index (χ1v) is 15.0. The molecule has 1 atom stereocenters. The van der Waals surface area contributed by atoms with Crippen LogP contribution in [0.2, 0.25) is 0 Å². The van der Waals surface area contributed by atoms with Crippen LogP contribution >= 0.6 is 0 Å². The maximum absolute atomic E-state index is 13.8. The summed E-state index contributed by atoms with van der Waals surface area (Å²) in [5, 5.41) is 21.9. The number of rotatable bonds is 9. The average molecular weight is 643 g/mol. The first-order chi connectivity index (χ1) is 22.4. The fourth-order valence-electron chi connectivity index (χ4n) is 5.64. The third-order valence-electron chi connectivity index (χ3n) is 7.54. The summed E-state index contributed by atoms with van der Waals surface area (Å²) in [6.45, 7) is 7.13. The van der Waals surface area contributed by atoms with E-state index in [9.17, 15) is 19.7 Å². The second-order valence-corrected chi connectivity index (χ2v) is 11.5. The van der Waals surface area contributed by atoms with E-state index in [2.05, 4.69) is 34.5 Å². The smallest absolute Gasteiger partial charge is 0.339 e.